The van der Waals surface area contributed by atoms with Gasteiger partial charge in [0.2, 0.25) is 0 Å². The van der Waals surface area contributed by atoms with Crippen molar-refractivity contribution in [1.29, 1.82) is 0 Å². The summed E-state index contributed by atoms with van der Waals surface area (Å²) in [7, 11) is -2.13. The minimum absolute atomic E-state index is 0.0299. The Kier molecular flexibility index (Phi) is 6.13. The van der Waals surface area contributed by atoms with Crippen molar-refractivity contribution in [1.82, 2.24) is 0 Å². The van der Waals surface area contributed by atoms with Gasteiger partial charge in [0.15, 0.2) is 8.32 Å². The highest BCUT2D eigenvalue weighted by molar-refractivity contribution is 6.74. The van der Waals surface area contributed by atoms with Crippen LogP contribution in [0.5, 0.6) is 0 Å². The summed E-state index contributed by atoms with van der Waals surface area (Å²) in [4.78, 5) is 0. The van der Waals surface area contributed by atoms with E-state index in [1.807, 2.05) is 6.07 Å². The first kappa shape index (κ1) is 18.3. The summed E-state index contributed by atoms with van der Waals surface area (Å²) in [5.74, 6) is 0. The third-order valence-corrected chi connectivity index (χ3v) is 8.78. The molecule has 0 radical (unpaired) electrons. The lowest BCUT2D eigenvalue weighted by Gasteiger charge is -2.40. The summed E-state index contributed by atoms with van der Waals surface area (Å²) in [6.07, 6.45) is -3.03. The number of benzene rings is 1. The third kappa shape index (κ3) is 4.62. The van der Waals surface area contributed by atoms with Crippen molar-refractivity contribution in [3.63, 3.8) is 0 Å². The van der Waals surface area contributed by atoms with E-state index in [2.05, 4.69) is 33.9 Å². The summed E-state index contributed by atoms with van der Waals surface area (Å²) in [6, 6.07) is 8.93. The fourth-order valence-electron chi connectivity index (χ4n) is 1.82. The summed E-state index contributed by atoms with van der Waals surface area (Å²) in [6.45, 7) is 10.1. The molecule has 0 fully saturated rings. The van der Waals surface area contributed by atoms with Gasteiger partial charge in [-0.25, -0.2) is 0 Å². The minimum atomic E-state index is -2.13. The second kappa shape index (κ2) is 7.02. The van der Waals surface area contributed by atoms with Gasteiger partial charge in [0, 0.05) is 0 Å². The van der Waals surface area contributed by atoms with Crippen molar-refractivity contribution in [3.05, 3.63) is 35.9 Å². The van der Waals surface area contributed by atoms with Crippen LogP contribution in [0.25, 0.3) is 0 Å². The lowest BCUT2D eigenvalue weighted by atomic mass is 10.0. The van der Waals surface area contributed by atoms with E-state index < -0.39 is 26.6 Å². The highest BCUT2D eigenvalue weighted by atomic mass is 28.4. The summed E-state index contributed by atoms with van der Waals surface area (Å²) in [5.41, 5.74) is 0.613. The predicted octanol–water partition coefficient (Wildman–Crippen LogP) is 2.46. The lowest BCUT2D eigenvalue weighted by Crippen LogP contribution is -2.49. The van der Waals surface area contributed by atoms with Crippen LogP contribution in [0.4, 0.5) is 0 Å². The van der Waals surface area contributed by atoms with Crippen LogP contribution in [0.2, 0.25) is 18.1 Å². The molecule has 3 atom stereocenters. The van der Waals surface area contributed by atoms with Gasteiger partial charge < -0.3 is 19.7 Å². The van der Waals surface area contributed by atoms with Gasteiger partial charge >= 0.3 is 0 Å². The monoisotopic (exact) mass is 312 g/mol. The molecule has 0 unspecified atom stereocenters. The van der Waals surface area contributed by atoms with Crippen molar-refractivity contribution in [2.24, 2.45) is 0 Å². The van der Waals surface area contributed by atoms with Crippen molar-refractivity contribution in [2.75, 3.05) is 6.61 Å². The number of rotatable bonds is 6. The maximum absolute atomic E-state index is 10.3. The highest BCUT2D eigenvalue weighted by Crippen LogP contribution is 2.38. The van der Waals surface area contributed by atoms with Crippen molar-refractivity contribution < 1.29 is 19.7 Å². The van der Waals surface area contributed by atoms with E-state index >= 15 is 0 Å². The van der Waals surface area contributed by atoms with E-state index in [-0.39, 0.29) is 11.6 Å². The molecular formula is C16H28O4Si. The SMILES string of the molecule is CC(C)(C)[Si](C)(C)O[C@H](CO)[C@H](O)[C@@H](O)c1ccccc1. The fraction of sp³-hybridized carbons (Fsp3) is 0.625. The van der Waals surface area contributed by atoms with E-state index in [0.29, 0.717) is 5.56 Å². The Labute approximate surface area is 128 Å². The first-order valence-electron chi connectivity index (χ1n) is 7.30. The van der Waals surface area contributed by atoms with Crippen LogP contribution in [0, 0.1) is 0 Å². The summed E-state index contributed by atoms with van der Waals surface area (Å²) < 4.78 is 6.03. The molecule has 3 N–H and O–H groups in total. The molecule has 0 bridgehead atoms. The number of hydrogen-bond acceptors (Lipinski definition) is 4. The van der Waals surface area contributed by atoms with Crippen LogP contribution in [-0.2, 0) is 4.43 Å². The molecule has 1 aromatic rings. The molecule has 0 spiro atoms. The standard InChI is InChI=1S/C16H28O4Si/c1-16(2,3)21(4,5)20-13(11-17)15(19)14(18)12-9-7-6-8-10-12/h6-10,13-15,17-19H,11H2,1-5H3/t13-,14+,15+/m1/s1. The van der Waals surface area contributed by atoms with E-state index in [1.165, 1.54) is 0 Å². The average molecular weight is 312 g/mol. The Balaban J connectivity index is 2.85. The van der Waals surface area contributed by atoms with Gasteiger partial charge in [-0.1, -0.05) is 51.1 Å². The molecule has 0 saturated heterocycles. The van der Waals surface area contributed by atoms with Crippen LogP contribution in [0.15, 0.2) is 30.3 Å². The normalized spacial score (nSPS) is 17.3. The van der Waals surface area contributed by atoms with Crippen LogP contribution < -0.4 is 0 Å². The van der Waals surface area contributed by atoms with Crippen molar-refractivity contribution in [2.45, 2.75) is 57.2 Å². The molecule has 0 aliphatic carbocycles. The quantitative estimate of drug-likeness (QED) is 0.706. The topological polar surface area (TPSA) is 69.9 Å². The molecular weight excluding hydrogens is 284 g/mol. The van der Waals surface area contributed by atoms with Gasteiger partial charge in [-0.15, -0.1) is 0 Å². The second-order valence-corrected chi connectivity index (χ2v) is 11.7. The summed E-state index contributed by atoms with van der Waals surface area (Å²) in [5, 5.41) is 30.1. The maximum Gasteiger partial charge on any atom is 0.192 e. The molecule has 1 rings (SSSR count). The number of hydrogen-bond donors (Lipinski definition) is 3. The van der Waals surface area contributed by atoms with Crippen LogP contribution in [0.1, 0.15) is 32.4 Å². The average Bonchev–Trinajstić information content (AvgIpc) is 2.43. The first-order valence-corrected chi connectivity index (χ1v) is 10.2. The zero-order chi connectivity index (χ0) is 16.3. The fourth-order valence-corrected chi connectivity index (χ4v) is 3.15. The van der Waals surface area contributed by atoms with Gasteiger partial charge in [0.05, 0.1) is 12.7 Å². The summed E-state index contributed by atoms with van der Waals surface area (Å²) >= 11 is 0. The van der Waals surface area contributed by atoms with Gasteiger partial charge in [0.1, 0.15) is 12.2 Å². The van der Waals surface area contributed by atoms with Crippen LogP contribution in [0.3, 0.4) is 0 Å². The molecule has 4 nitrogen and oxygen atoms in total. The van der Waals surface area contributed by atoms with Crippen molar-refractivity contribution >= 4 is 8.32 Å². The van der Waals surface area contributed by atoms with Crippen molar-refractivity contribution in [3.8, 4) is 0 Å². The van der Waals surface area contributed by atoms with E-state index in [9.17, 15) is 15.3 Å². The van der Waals surface area contributed by atoms with Gasteiger partial charge in [-0.3, -0.25) is 0 Å². The molecule has 1 aromatic carbocycles. The zero-order valence-corrected chi connectivity index (χ0v) is 14.6. The van der Waals surface area contributed by atoms with Crippen LogP contribution in [-0.4, -0.2) is 42.5 Å². The smallest absolute Gasteiger partial charge is 0.192 e. The Morgan fingerprint density at radius 1 is 1.10 bits per heavy atom. The molecule has 0 aliphatic rings. The Hall–Kier alpha value is -0.723. The van der Waals surface area contributed by atoms with Gasteiger partial charge in [-0.2, -0.15) is 0 Å². The number of aliphatic hydroxyl groups excluding tert-OH is 3. The first-order chi connectivity index (χ1) is 9.60. The molecule has 0 heterocycles. The Morgan fingerprint density at radius 2 is 1.62 bits per heavy atom. The molecule has 0 aromatic heterocycles. The number of aliphatic hydroxyl groups is 3. The molecule has 0 aliphatic heterocycles. The second-order valence-electron chi connectivity index (χ2n) is 6.95. The Bertz CT molecular complexity index is 428. The lowest BCUT2D eigenvalue weighted by molar-refractivity contribution is -0.0718. The van der Waals surface area contributed by atoms with Gasteiger partial charge in [-0.05, 0) is 23.7 Å². The molecule has 5 heteroatoms. The third-order valence-electron chi connectivity index (χ3n) is 4.28. The molecule has 0 amide bonds. The van der Waals surface area contributed by atoms with E-state index in [0.717, 1.165) is 0 Å². The molecule has 21 heavy (non-hydrogen) atoms. The predicted molar refractivity (Wildman–Crippen MR) is 86.6 cm³/mol. The van der Waals surface area contributed by atoms with Gasteiger partial charge in [0.25, 0.3) is 0 Å². The molecule has 0 saturated carbocycles. The highest BCUT2D eigenvalue weighted by Gasteiger charge is 2.41. The minimum Gasteiger partial charge on any atom is -0.409 e. The van der Waals surface area contributed by atoms with E-state index in [4.69, 9.17) is 4.43 Å². The zero-order valence-electron chi connectivity index (χ0n) is 13.6. The Morgan fingerprint density at radius 3 is 2.05 bits per heavy atom. The largest absolute Gasteiger partial charge is 0.409 e. The maximum atomic E-state index is 10.3. The molecule has 120 valence electrons. The van der Waals surface area contributed by atoms with E-state index in [1.54, 1.807) is 24.3 Å². The van der Waals surface area contributed by atoms with Crippen LogP contribution >= 0.6 is 0 Å².